The predicted molar refractivity (Wildman–Crippen MR) is 75.7 cm³/mol. The minimum atomic E-state index is -0.387. The molecule has 2 rings (SSSR count). The molecule has 1 aromatic carbocycles. The minimum absolute atomic E-state index is 0.170. The number of hydrogen-bond acceptors (Lipinski definition) is 2. The molecule has 106 valence electrons. The summed E-state index contributed by atoms with van der Waals surface area (Å²) in [5, 5.41) is 3.59. The first-order valence-corrected chi connectivity index (χ1v) is 6.76. The van der Waals surface area contributed by atoms with Crippen molar-refractivity contribution in [3.05, 3.63) is 64.4 Å². The first-order valence-electron chi connectivity index (χ1n) is 6.39. The number of nitrogens with one attached hydrogen (secondary N) is 1. The summed E-state index contributed by atoms with van der Waals surface area (Å²) in [5.41, 5.74) is 1.23. The van der Waals surface area contributed by atoms with Crippen LogP contribution >= 0.6 is 11.6 Å². The lowest BCUT2D eigenvalue weighted by molar-refractivity contribution is 0.514. The van der Waals surface area contributed by atoms with Crippen LogP contribution < -0.4 is 5.32 Å². The van der Waals surface area contributed by atoms with Gasteiger partial charge in [0.05, 0.1) is 17.9 Å². The van der Waals surface area contributed by atoms with Gasteiger partial charge in [0.2, 0.25) is 0 Å². The number of aromatic nitrogens is 1. The largest absolute Gasteiger partial charge is 0.309 e. The highest BCUT2D eigenvalue weighted by Gasteiger charge is 2.15. The number of hydrogen-bond donors (Lipinski definition) is 1. The maximum absolute atomic E-state index is 13.8. The fourth-order valence-electron chi connectivity index (χ4n) is 2.03. The Morgan fingerprint density at radius 2 is 2.05 bits per heavy atom. The molecule has 0 bridgehead atoms. The monoisotopic (exact) mass is 296 g/mol. The van der Waals surface area contributed by atoms with Crippen molar-refractivity contribution in [2.24, 2.45) is 0 Å². The van der Waals surface area contributed by atoms with Crippen molar-refractivity contribution in [2.45, 2.75) is 19.4 Å². The molecule has 0 saturated carbocycles. The summed E-state index contributed by atoms with van der Waals surface area (Å²) in [4.78, 5) is 4.05. The summed E-state index contributed by atoms with van der Waals surface area (Å²) in [6.45, 7) is 2.66. The minimum Gasteiger partial charge on any atom is -0.309 e. The first kappa shape index (κ1) is 14.9. The number of rotatable bonds is 5. The van der Waals surface area contributed by atoms with Gasteiger partial charge in [-0.15, -0.1) is 0 Å². The fourth-order valence-corrected chi connectivity index (χ4v) is 2.19. The van der Waals surface area contributed by atoms with Crippen LogP contribution in [0.15, 0.2) is 36.5 Å². The Kier molecular flexibility index (Phi) is 5.04. The van der Waals surface area contributed by atoms with Crippen LogP contribution in [0, 0.1) is 11.6 Å². The normalized spacial score (nSPS) is 12.4. The molecular weight excluding hydrogens is 282 g/mol. The molecule has 0 spiro atoms. The topological polar surface area (TPSA) is 24.9 Å². The van der Waals surface area contributed by atoms with E-state index in [0.29, 0.717) is 29.2 Å². The van der Waals surface area contributed by atoms with Crippen LogP contribution in [0.5, 0.6) is 0 Å². The molecule has 0 amide bonds. The second-order valence-corrected chi connectivity index (χ2v) is 4.89. The Morgan fingerprint density at radius 1 is 1.25 bits per heavy atom. The Hall–Kier alpha value is -1.52. The van der Waals surface area contributed by atoms with Crippen LogP contribution in [-0.2, 0) is 6.42 Å². The summed E-state index contributed by atoms with van der Waals surface area (Å²) in [5.74, 6) is -0.732. The molecule has 0 fully saturated rings. The van der Waals surface area contributed by atoms with Crippen molar-refractivity contribution in [2.75, 3.05) is 6.54 Å². The van der Waals surface area contributed by atoms with Crippen LogP contribution in [0.4, 0.5) is 8.78 Å². The van der Waals surface area contributed by atoms with Gasteiger partial charge in [0.1, 0.15) is 11.6 Å². The number of nitrogens with zero attached hydrogens (tertiary/aromatic N) is 1. The van der Waals surface area contributed by atoms with E-state index in [9.17, 15) is 8.78 Å². The van der Waals surface area contributed by atoms with Crippen LogP contribution in [0.1, 0.15) is 24.2 Å². The highest BCUT2D eigenvalue weighted by Crippen LogP contribution is 2.21. The molecule has 1 atom stereocenters. The average Bonchev–Trinajstić information content (AvgIpc) is 2.42. The second-order valence-electron chi connectivity index (χ2n) is 4.45. The van der Waals surface area contributed by atoms with E-state index in [4.69, 9.17) is 11.6 Å². The summed E-state index contributed by atoms with van der Waals surface area (Å²) >= 11 is 5.74. The summed E-state index contributed by atoms with van der Waals surface area (Å²) in [7, 11) is 0. The van der Waals surface area contributed by atoms with Crippen LogP contribution in [0.25, 0.3) is 0 Å². The average molecular weight is 297 g/mol. The molecule has 1 N–H and O–H groups in total. The molecule has 2 nitrogen and oxygen atoms in total. The van der Waals surface area contributed by atoms with Crippen LogP contribution in [-0.4, -0.2) is 11.5 Å². The Balaban J connectivity index is 2.22. The zero-order valence-corrected chi connectivity index (χ0v) is 11.8. The zero-order valence-electron chi connectivity index (χ0n) is 11.0. The van der Waals surface area contributed by atoms with Gasteiger partial charge in [-0.3, -0.25) is 4.98 Å². The van der Waals surface area contributed by atoms with Gasteiger partial charge in [-0.1, -0.05) is 24.6 Å². The van der Waals surface area contributed by atoms with E-state index in [1.807, 2.05) is 6.92 Å². The standard InChI is InChI=1S/C15H15ClF2N2/c1-2-19-15(14-6-5-12(17)9-20-14)7-10-3-4-11(16)8-13(10)18/h3-6,8-9,15,19H,2,7H2,1H3. The van der Waals surface area contributed by atoms with Gasteiger partial charge in [0, 0.05) is 5.02 Å². The van der Waals surface area contributed by atoms with Crippen LogP contribution in [0.2, 0.25) is 5.02 Å². The molecule has 0 saturated heterocycles. The molecule has 2 aromatic rings. The van der Waals surface area contributed by atoms with Gasteiger partial charge in [-0.2, -0.15) is 0 Å². The van der Waals surface area contributed by atoms with E-state index in [1.165, 1.54) is 12.1 Å². The molecule has 0 radical (unpaired) electrons. The molecule has 1 aromatic heterocycles. The molecule has 0 aliphatic rings. The van der Waals surface area contributed by atoms with E-state index in [-0.39, 0.29) is 17.7 Å². The first-order chi connectivity index (χ1) is 9.60. The summed E-state index contributed by atoms with van der Waals surface area (Å²) in [6, 6.07) is 7.39. The third kappa shape index (κ3) is 3.74. The van der Waals surface area contributed by atoms with Gasteiger partial charge in [-0.05, 0) is 42.8 Å². The summed E-state index contributed by atoms with van der Waals surface area (Å²) in [6.07, 6.45) is 1.59. The molecule has 5 heteroatoms. The molecular formula is C15H15ClF2N2. The fraction of sp³-hybridized carbons (Fsp3) is 0.267. The lowest BCUT2D eigenvalue weighted by Gasteiger charge is -2.18. The van der Waals surface area contributed by atoms with E-state index in [1.54, 1.807) is 18.2 Å². The second kappa shape index (κ2) is 6.77. The van der Waals surface area contributed by atoms with Crippen molar-refractivity contribution in [1.82, 2.24) is 10.3 Å². The highest BCUT2D eigenvalue weighted by molar-refractivity contribution is 6.30. The summed E-state index contributed by atoms with van der Waals surface area (Å²) < 4.78 is 26.8. The van der Waals surface area contributed by atoms with Crippen molar-refractivity contribution in [3.63, 3.8) is 0 Å². The Morgan fingerprint density at radius 3 is 2.65 bits per heavy atom. The highest BCUT2D eigenvalue weighted by atomic mass is 35.5. The maximum Gasteiger partial charge on any atom is 0.141 e. The lowest BCUT2D eigenvalue weighted by Crippen LogP contribution is -2.24. The molecule has 0 aliphatic heterocycles. The van der Waals surface area contributed by atoms with Gasteiger partial charge < -0.3 is 5.32 Å². The SMILES string of the molecule is CCNC(Cc1ccc(Cl)cc1F)c1ccc(F)cn1. The quantitative estimate of drug-likeness (QED) is 0.905. The molecule has 0 aliphatic carbocycles. The van der Waals surface area contributed by atoms with Crippen molar-refractivity contribution < 1.29 is 8.78 Å². The van der Waals surface area contributed by atoms with Crippen molar-refractivity contribution >= 4 is 11.6 Å². The zero-order chi connectivity index (χ0) is 14.5. The third-order valence-corrected chi connectivity index (χ3v) is 3.23. The molecule has 1 unspecified atom stereocenters. The van der Waals surface area contributed by atoms with E-state index in [0.717, 1.165) is 6.20 Å². The Bertz CT molecular complexity index is 573. The molecule has 20 heavy (non-hydrogen) atoms. The Labute approximate surface area is 121 Å². The lowest BCUT2D eigenvalue weighted by atomic mass is 10.0. The van der Waals surface area contributed by atoms with Crippen molar-refractivity contribution in [1.29, 1.82) is 0 Å². The van der Waals surface area contributed by atoms with Gasteiger partial charge >= 0.3 is 0 Å². The predicted octanol–water partition coefficient (Wildman–Crippen LogP) is 3.91. The van der Waals surface area contributed by atoms with Gasteiger partial charge in [0.25, 0.3) is 0 Å². The number of likely N-dealkylation sites (N-methyl/N-ethyl adjacent to an activating group) is 1. The van der Waals surface area contributed by atoms with E-state index < -0.39 is 0 Å². The third-order valence-electron chi connectivity index (χ3n) is 3.00. The number of benzene rings is 1. The maximum atomic E-state index is 13.8. The van der Waals surface area contributed by atoms with Crippen LogP contribution in [0.3, 0.4) is 0 Å². The number of halogens is 3. The van der Waals surface area contributed by atoms with E-state index >= 15 is 0 Å². The smallest absolute Gasteiger partial charge is 0.141 e. The molecule has 1 heterocycles. The van der Waals surface area contributed by atoms with Gasteiger partial charge in [0.15, 0.2) is 0 Å². The number of pyridine rings is 1. The van der Waals surface area contributed by atoms with Crippen molar-refractivity contribution in [3.8, 4) is 0 Å². The van der Waals surface area contributed by atoms with Gasteiger partial charge in [-0.25, -0.2) is 8.78 Å². The van der Waals surface area contributed by atoms with E-state index in [2.05, 4.69) is 10.3 Å².